The lowest BCUT2D eigenvalue weighted by Gasteiger charge is -2.19. The van der Waals surface area contributed by atoms with Crippen LogP contribution in [0.2, 0.25) is 0 Å². The average Bonchev–Trinajstić information content (AvgIpc) is 2.26. The molecule has 0 aliphatic rings. The van der Waals surface area contributed by atoms with Crippen LogP contribution < -0.4 is 10.6 Å². The van der Waals surface area contributed by atoms with E-state index in [0.717, 1.165) is 24.3 Å². The van der Waals surface area contributed by atoms with E-state index in [4.69, 9.17) is 5.73 Å². The number of hydrogen-bond acceptors (Lipinski definition) is 4. The highest BCUT2D eigenvalue weighted by molar-refractivity contribution is 5.38. The monoisotopic (exact) mass is 223 g/mol. The van der Waals surface area contributed by atoms with Crippen molar-refractivity contribution in [2.75, 3.05) is 18.5 Å². The Kier molecular flexibility index (Phi) is 4.71. The van der Waals surface area contributed by atoms with Crippen LogP contribution in [0.3, 0.4) is 0 Å². The van der Waals surface area contributed by atoms with Gasteiger partial charge in [-0.1, -0.05) is 6.07 Å². The maximum absolute atomic E-state index is 9.20. The van der Waals surface area contributed by atoms with Crippen LogP contribution >= 0.6 is 0 Å². The second-order valence-corrected chi connectivity index (χ2v) is 4.30. The molecule has 2 unspecified atom stereocenters. The summed E-state index contributed by atoms with van der Waals surface area (Å²) < 4.78 is 0. The summed E-state index contributed by atoms with van der Waals surface area (Å²) in [7, 11) is 1.97. The summed E-state index contributed by atoms with van der Waals surface area (Å²) in [4.78, 5) is 6.37. The molecular weight excluding hydrogens is 202 g/mol. The lowest BCUT2D eigenvalue weighted by Crippen LogP contribution is -2.22. The standard InChI is InChI=1S/C12H21N3O/c1-9(16)6-7-15(3)12-5-4-11(8-14-12)10(2)13/h4-5,8-10,16H,6-7,13H2,1-3H3. The zero-order valence-corrected chi connectivity index (χ0v) is 10.2. The first-order chi connectivity index (χ1) is 7.50. The number of aromatic nitrogens is 1. The van der Waals surface area contributed by atoms with Gasteiger partial charge >= 0.3 is 0 Å². The topological polar surface area (TPSA) is 62.4 Å². The first-order valence-corrected chi connectivity index (χ1v) is 5.61. The molecule has 0 aromatic carbocycles. The molecule has 16 heavy (non-hydrogen) atoms. The van der Waals surface area contributed by atoms with Crippen molar-refractivity contribution in [3.8, 4) is 0 Å². The largest absolute Gasteiger partial charge is 0.393 e. The predicted octanol–water partition coefficient (Wildman–Crippen LogP) is 1.31. The van der Waals surface area contributed by atoms with Gasteiger partial charge in [-0.2, -0.15) is 0 Å². The molecule has 3 N–H and O–H groups in total. The second kappa shape index (κ2) is 5.82. The molecule has 1 aromatic heterocycles. The van der Waals surface area contributed by atoms with Crippen LogP contribution in [0.25, 0.3) is 0 Å². The summed E-state index contributed by atoms with van der Waals surface area (Å²) in [5, 5.41) is 9.20. The zero-order chi connectivity index (χ0) is 12.1. The molecule has 0 bridgehead atoms. The molecule has 0 spiro atoms. The first-order valence-electron chi connectivity index (χ1n) is 5.61. The zero-order valence-electron chi connectivity index (χ0n) is 10.2. The van der Waals surface area contributed by atoms with Gasteiger partial charge in [0, 0.05) is 25.8 Å². The van der Waals surface area contributed by atoms with Crippen LogP contribution in [0.4, 0.5) is 5.82 Å². The molecule has 0 saturated heterocycles. The second-order valence-electron chi connectivity index (χ2n) is 4.30. The maximum atomic E-state index is 9.20. The minimum atomic E-state index is -0.272. The van der Waals surface area contributed by atoms with Crippen molar-refractivity contribution < 1.29 is 5.11 Å². The van der Waals surface area contributed by atoms with Crippen molar-refractivity contribution in [2.24, 2.45) is 5.73 Å². The quantitative estimate of drug-likeness (QED) is 0.790. The number of rotatable bonds is 5. The summed E-state index contributed by atoms with van der Waals surface area (Å²) in [6.07, 6.45) is 2.28. The van der Waals surface area contributed by atoms with Crippen LogP contribution in [0.15, 0.2) is 18.3 Å². The highest BCUT2D eigenvalue weighted by Crippen LogP contribution is 2.13. The van der Waals surface area contributed by atoms with Crippen LogP contribution in [0.1, 0.15) is 31.9 Å². The Balaban J connectivity index is 2.59. The molecule has 0 saturated carbocycles. The van der Waals surface area contributed by atoms with E-state index in [2.05, 4.69) is 4.98 Å². The Hall–Kier alpha value is -1.13. The van der Waals surface area contributed by atoms with Gasteiger partial charge in [0.2, 0.25) is 0 Å². The van der Waals surface area contributed by atoms with Gasteiger partial charge in [-0.15, -0.1) is 0 Å². The Morgan fingerprint density at radius 1 is 1.44 bits per heavy atom. The third kappa shape index (κ3) is 3.79. The van der Waals surface area contributed by atoms with Gasteiger partial charge in [-0.3, -0.25) is 0 Å². The van der Waals surface area contributed by atoms with Crippen molar-refractivity contribution in [2.45, 2.75) is 32.4 Å². The fourth-order valence-electron chi connectivity index (χ4n) is 1.39. The summed E-state index contributed by atoms with van der Waals surface area (Å²) in [5.74, 6) is 0.907. The number of pyridine rings is 1. The first kappa shape index (κ1) is 12.9. The van der Waals surface area contributed by atoms with E-state index in [1.165, 1.54) is 0 Å². The van der Waals surface area contributed by atoms with Gasteiger partial charge in [-0.25, -0.2) is 4.98 Å². The number of hydrogen-bond donors (Lipinski definition) is 2. The molecule has 90 valence electrons. The smallest absolute Gasteiger partial charge is 0.128 e. The van der Waals surface area contributed by atoms with Crippen LogP contribution in [0, 0.1) is 0 Å². The molecule has 0 fully saturated rings. The maximum Gasteiger partial charge on any atom is 0.128 e. The van der Waals surface area contributed by atoms with Gasteiger partial charge in [0.05, 0.1) is 6.10 Å². The average molecular weight is 223 g/mol. The Bertz CT molecular complexity index is 309. The van der Waals surface area contributed by atoms with Crippen LogP contribution in [0.5, 0.6) is 0 Å². The van der Waals surface area contributed by atoms with Gasteiger partial charge in [0.15, 0.2) is 0 Å². The normalized spacial score (nSPS) is 14.6. The summed E-state index contributed by atoms with van der Waals surface area (Å²) in [6, 6.07) is 3.97. The van der Waals surface area contributed by atoms with Crippen LogP contribution in [-0.2, 0) is 0 Å². The van der Waals surface area contributed by atoms with Crippen LogP contribution in [-0.4, -0.2) is 29.8 Å². The van der Waals surface area contributed by atoms with E-state index in [0.29, 0.717) is 0 Å². The molecule has 0 aliphatic carbocycles. The predicted molar refractivity (Wildman–Crippen MR) is 66.4 cm³/mol. The van der Waals surface area contributed by atoms with Crippen molar-refractivity contribution in [1.29, 1.82) is 0 Å². The van der Waals surface area contributed by atoms with E-state index >= 15 is 0 Å². The molecule has 0 aliphatic heterocycles. The molecule has 4 heteroatoms. The van der Waals surface area contributed by atoms with Gasteiger partial charge in [-0.05, 0) is 31.9 Å². The Morgan fingerprint density at radius 3 is 2.56 bits per heavy atom. The number of nitrogens with two attached hydrogens (primary N) is 1. The molecule has 0 radical (unpaired) electrons. The summed E-state index contributed by atoms with van der Waals surface area (Å²) in [6.45, 7) is 4.52. The lowest BCUT2D eigenvalue weighted by molar-refractivity contribution is 0.187. The third-order valence-corrected chi connectivity index (χ3v) is 2.57. The summed E-state index contributed by atoms with van der Waals surface area (Å²) in [5.41, 5.74) is 6.79. The van der Waals surface area contributed by atoms with E-state index in [1.54, 1.807) is 13.1 Å². The number of nitrogens with zero attached hydrogens (tertiary/aromatic N) is 2. The van der Waals surface area contributed by atoms with E-state index in [1.807, 2.05) is 31.0 Å². The van der Waals surface area contributed by atoms with Gasteiger partial charge in [0.1, 0.15) is 5.82 Å². The Morgan fingerprint density at radius 2 is 2.12 bits per heavy atom. The van der Waals surface area contributed by atoms with E-state index < -0.39 is 0 Å². The fraction of sp³-hybridized carbons (Fsp3) is 0.583. The van der Waals surface area contributed by atoms with Gasteiger partial charge < -0.3 is 15.7 Å². The van der Waals surface area contributed by atoms with Gasteiger partial charge in [0.25, 0.3) is 0 Å². The SMILES string of the molecule is CC(O)CCN(C)c1ccc(C(C)N)cn1. The molecule has 2 atom stereocenters. The highest BCUT2D eigenvalue weighted by Gasteiger charge is 2.05. The molecule has 1 heterocycles. The lowest BCUT2D eigenvalue weighted by atomic mass is 10.1. The number of aliphatic hydroxyl groups excluding tert-OH is 1. The molecule has 1 rings (SSSR count). The van der Waals surface area contributed by atoms with Crippen molar-refractivity contribution in [1.82, 2.24) is 4.98 Å². The van der Waals surface area contributed by atoms with Crippen molar-refractivity contribution >= 4 is 5.82 Å². The molecule has 4 nitrogen and oxygen atoms in total. The molecule has 0 amide bonds. The highest BCUT2D eigenvalue weighted by atomic mass is 16.3. The summed E-state index contributed by atoms with van der Waals surface area (Å²) >= 11 is 0. The minimum Gasteiger partial charge on any atom is -0.393 e. The number of aliphatic hydroxyl groups is 1. The van der Waals surface area contributed by atoms with Crippen molar-refractivity contribution in [3.63, 3.8) is 0 Å². The Labute approximate surface area is 97.1 Å². The third-order valence-electron chi connectivity index (χ3n) is 2.57. The minimum absolute atomic E-state index is 0.0179. The van der Waals surface area contributed by atoms with Crippen molar-refractivity contribution in [3.05, 3.63) is 23.9 Å². The van der Waals surface area contributed by atoms with E-state index in [-0.39, 0.29) is 12.1 Å². The molecular formula is C12H21N3O. The number of anilines is 1. The fourth-order valence-corrected chi connectivity index (χ4v) is 1.39. The molecule has 1 aromatic rings. The van der Waals surface area contributed by atoms with E-state index in [9.17, 15) is 5.11 Å².